The summed E-state index contributed by atoms with van der Waals surface area (Å²) >= 11 is 0. The van der Waals surface area contributed by atoms with Crippen LogP contribution < -0.4 is 10.6 Å². The molecule has 2 N–H and O–H groups in total. The van der Waals surface area contributed by atoms with E-state index in [-0.39, 0.29) is 17.6 Å². The van der Waals surface area contributed by atoms with Gasteiger partial charge in [0.1, 0.15) is 0 Å². The van der Waals surface area contributed by atoms with E-state index >= 15 is 0 Å². The number of hydrogen-bond acceptors (Lipinski definition) is 3. The topological polar surface area (TPSA) is 54.0 Å². The second-order valence-corrected chi connectivity index (χ2v) is 5.29. The van der Waals surface area contributed by atoms with Crippen LogP contribution in [0.4, 0.5) is 24.5 Å². The van der Waals surface area contributed by atoms with E-state index in [1.54, 1.807) is 0 Å². The number of alkyl halides is 3. The quantitative estimate of drug-likeness (QED) is 0.895. The highest BCUT2D eigenvalue weighted by molar-refractivity contribution is 5.95. The smallest absolute Gasteiger partial charge is 0.354 e. The fourth-order valence-electron chi connectivity index (χ4n) is 1.92. The zero-order valence-corrected chi connectivity index (χ0v) is 12.6. The Kier molecular flexibility index (Phi) is 4.88. The number of rotatable bonds is 4. The van der Waals surface area contributed by atoms with Crippen molar-refractivity contribution >= 4 is 17.3 Å². The van der Waals surface area contributed by atoms with E-state index in [9.17, 15) is 18.0 Å². The number of benzene rings is 1. The first kappa shape index (κ1) is 16.8. The number of amides is 1. The van der Waals surface area contributed by atoms with Crippen molar-refractivity contribution in [2.24, 2.45) is 0 Å². The molecule has 0 spiro atoms. The van der Waals surface area contributed by atoms with E-state index in [2.05, 4.69) is 15.6 Å². The molecular weight excluding hydrogens is 307 g/mol. The zero-order chi connectivity index (χ0) is 17.0. The Labute approximate surface area is 131 Å². The van der Waals surface area contributed by atoms with E-state index < -0.39 is 11.7 Å². The number of halogens is 3. The minimum atomic E-state index is -4.41. The molecule has 0 saturated heterocycles. The van der Waals surface area contributed by atoms with Crippen molar-refractivity contribution in [3.63, 3.8) is 0 Å². The number of hydrogen-bond donors (Lipinski definition) is 2. The van der Waals surface area contributed by atoms with E-state index in [0.29, 0.717) is 11.3 Å². The first-order valence-corrected chi connectivity index (χ1v) is 6.96. The Hall–Kier alpha value is -2.57. The summed E-state index contributed by atoms with van der Waals surface area (Å²) in [7, 11) is 0. The lowest BCUT2D eigenvalue weighted by Gasteiger charge is -2.12. The third-order valence-corrected chi connectivity index (χ3v) is 2.90. The lowest BCUT2D eigenvalue weighted by Crippen LogP contribution is -2.30. The molecule has 1 aromatic heterocycles. The molecule has 0 atom stereocenters. The van der Waals surface area contributed by atoms with Crippen molar-refractivity contribution in [3.8, 4) is 0 Å². The molecular formula is C16H16F3N3O. The van der Waals surface area contributed by atoms with Gasteiger partial charge in [-0.1, -0.05) is 6.07 Å². The Bertz CT molecular complexity index is 699. The summed E-state index contributed by atoms with van der Waals surface area (Å²) in [5.41, 5.74) is 0.281. The monoisotopic (exact) mass is 323 g/mol. The highest BCUT2D eigenvalue weighted by Gasteiger charge is 2.30. The molecule has 2 rings (SSSR count). The number of carbonyl (C=O) groups excluding carboxylic acids is 1. The molecule has 7 heteroatoms. The van der Waals surface area contributed by atoms with Gasteiger partial charge in [-0.15, -0.1) is 0 Å². The fraction of sp³-hybridized carbons (Fsp3) is 0.250. The minimum absolute atomic E-state index is 0.0254. The molecule has 0 unspecified atom stereocenters. The molecule has 1 amide bonds. The van der Waals surface area contributed by atoms with Crippen molar-refractivity contribution in [3.05, 3.63) is 53.9 Å². The molecule has 23 heavy (non-hydrogen) atoms. The van der Waals surface area contributed by atoms with Crippen LogP contribution in [0.3, 0.4) is 0 Å². The van der Waals surface area contributed by atoms with E-state index in [1.807, 2.05) is 13.8 Å². The van der Waals surface area contributed by atoms with Crippen LogP contribution in [0.15, 0.2) is 42.7 Å². The van der Waals surface area contributed by atoms with Crippen molar-refractivity contribution in [2.75, 3.05) is 5.32 Å². The average molecular weight is 323 g/mol. The molecule has 1 aromatic carbocycles. The van der Waals surface area contributed by atoms with Crippen LogP contribution in [0.25, 0.3) is 0 Å². The molecule has 2 aromatic rings. The predicted octanol–water partition coefficient (Wildman–Crippen LogP) is 3.98. The summed E-state index contributed by atoms with van der Waals surface area (Å²) in [6.45, 7) is 3.66. The van der Waals surface area contributed by atoms with Gasteiger partial charge in [-0.05, 0) is 38.1 Å². The maximum atomic E-state index is 12.7. The van der Waals surface area contributed by atoms with Gasteiger partial charge in [-0.2, -0.15) is 13.2 Å². The Morgan fingerprint density at radius 2 is 1.87 bits per heavy atom. The molecule has 4 nitrogen and oxygen atoms in total. The summed E-state index contributed by atoms with van der Waals surface area (Å²) in [6, 6.07) is 6.33. The van der Waals surface area contributed by atoms with Gasteiger partial charge >= 0.3 is 6.18 Å². The van der Waals surface area contributed by atoms with Gasteiger partial charge < -0.3 is 10.6 Å². The molecule has 0 bridgehead atoms. The number of pyridine rings is 1. The summed E-state index contributed by atoms with van der Waals surface area (Å²) in [5, 5.41) is 5.55. The lowest BCUT2D eigenvalue weighted by atomic mass is 10.2. The van der Waals surface area contributed by atoms with Crippen LogP contribution in [0.5, 0.6) is 0 Å². The highest BCUT2D eigenvalue weighted by atomic mass is 19.4. The summed E-state index contributed by atoms with van der Waals surface area (Å²) < 4.78 is 38.1. The largest absolute Gasteiger partial charge is 0.416 e. The van der Waals surface area contributed by atoms with Crippen molar-refractivity contribution in [2.45, 2.75) is 26.1 Å². The van der Waals surface area contributed by atoms with Gasteiger partial charge in [0.15, 0.2) is 0 Å². The zero-order valence-electron chi connectivity index (χ0n) is 12.6. The standard InChI is InChI=1S/C16H16F3N3O/c1-10(2)21-15(23)11-6-14(9-20-8-11)22-13-5-3-4-12(7-13)16(17,18)19/h3-10,22H,1-2H3,(H,21,23). The van der Waals surface area contributed by atoms with E-state index in [4.69, 9.17) is 0 Å². The number of nitrogens with zero attached hydrogens (tertiary/aromatic N) is 1. The third kappa shape index (κ3) is 4.70. The molecule has 122 valence electrons. The first-order chi connectivity index (χ1) is 10.8. The van der Waals surface area contributed by atoms with Crippen LogP contribution in [0.1, 0.15) is 29.8 Å². The highest BCUT2D eigenvalue weighted by Crippen LogP contribution is 2.31. The van der Waals surface area contributed by atoms with Gasteiger partial charge in [-0.3, -0.25) is 9.78 Å². The average Bonchev–Trinajstić information content (AvgIpc) is 2.46. The molecule has 0 fully saturated rings. The van der Waals surface area contributed by atoms with E-state index in [1.165, 1.54) is 30.6 Å². The van der Waals surface area contributed by atoms with Crippen LogP contribution in [0, 0.1) is 0 Å². The number of aromatic nitrogens is 1. The molecule has 0 aliphatic heterocycles. The Morgan fingerprint density at radius 1 is 1.13 bits per heavy atom. The number of nitrogens with one attached hydrogen (secondary N) is 2. The molecule has 0 aliphatic carbocycles. The maximum Gasteiger partial charge on any atom is 0.416 e. The lowest BCUT2D eigenvalue weighted by molar-refractivity contribution is -0.137. The second-order valence-electron chi connectivity index (χ2n) is 5.29. The van der Waals surface area contributed by atoms with Crippen LogP contribution >= 0.6 is 0 Å². The Morgan fingerprint density at radius 3 is 2.52 bits per heavy atom. The van der Waals surface area contributed by atoms with Gasteiger partial charge in [0, 0.05) is 17.9 Å². The normalized spacial score (nSPS) is 11.4. The SMILES string of the molecule is CC(C)NC(=O)c1cncc(Nc2cccc(C(F)(F)F)c2)c1. The van der Waals surface area contributed by atoms with Crippen LogP contribution in [-0.4, -0.2) is 16.9 Å². The summed E-state index contributed by atoms with van der Waals surface area (Å²) in [6.07, 6.45) is -1.57. The Balaban J connectivity index is 2.19. The third-order valence-electron chi connectivity index (χ3n) is 2.90. The predicted molar refractivity (Wildman–Crippen MR) is 81.6 cm³/mol. The van der Waals surface area contributed by atoms with Gasteiger partial charge in [0.25, 0.3) is 5.91 Å². The van der Waals surface area contributed by atoms with E-state index in [0.717, 1.165) is 12.1 Å². The van der Waals surface area contributed by atoms with Gasteiger partial charge in [0.2, 0.25) is 0 Å². The van der Waals surface area contributed by atoms with Crippen molar-refractivity contribution in [1.82, 2.24) is 10.3 Å². The first-order valence-electron chi connectivity index (χ1n) is 6.96. The molecule has 1 heterocycles. The maximum absolute atomic E-state index is 12.7. The number of carbonyl (C=O) groups is 1. The summed E-state index contributed by atoms with van der Waals surface area (Å²) in [4.78, 5) is 15.9. The van der Waals surface area contributed by atoms with Gasteiger partial charge in [0.05, 0.1) is 23.0 Å². The van der Waals surface area contributed by atoms with Crippen LogP contribution in [0.2, 0.25) is 0 Å². The molecule has 0 radical (unpaired) electrons. The van der Waals surface area contributed by atoms with Crippen LogP contribution in [-0.2, 0) is 6.18 Å². The van der Waals surface area contributed by atoms with Crippen molar-refractivity contribution in [1.29, 1.82) is 0 Å². The molecule has 0 aliphatic rings. The number of anilines is 2. The van der Waals surface area contributed by atoms with Gasteiger partial charge in [-0.25, -0.2) is 0 Å². The van der Waals surface area contributed by atoms with Crippen molar-refractivity contribution < 1.29 is 18.0 Å². The second kappa shape index (κ2) is 6.68. The minimum Gasteiger partial charge on any atom is -0.354 e. The molecule has 0 saturated carbocycles. The summed E-state index contributed by atoms with van der Waals surface area (Å²) in [5.74, 6) is -0.291. The fourth-order valence-corrected chi connectivity index (χ4v) is 1.92.